The highest BCUT2D eigenvalue weighted by Gasteiger charge is 2.14. The summed E-state index contributed by atoms with van der Waals surface area (Å²) in [5, 5.41) is 3.55. The van der Waals surface area contributed by atoms with Crippen LogP contribution in [-0.2, 0) is 0 Å². The van der Waals surface area contributed by atoms with Crippen LogP contribution in [0.15, 0.2) is 24.3 Å². The van der Waals surface area contributed by atoms with Crippen LogP contribution in [0.1, 0.15) is 36.5 Å². The molecule has 0 spiro atoms. The molecule has 110 valence electrons. The van der Waals surface area contributed by atoms with Crippen LogP contribution >= 0.6 is 11.6 Å². The van der Waals surface area contributed by atoms with Crippen molar-refractivity contribution < 1.29 is 4.79 Å². The van der Waals surface area contributed by atoms with Crippen molar-refractivity contribution in [1.82, 2.24) is 10.2 Å². The Hall–Kier alpha value is -1.06. The highest BCUT2D eigenvalue weighted by Crippen LogP contribution is 2.15. The van der Waals surface area contributed by atoms with Gasteiger partial charge >= 0.3 is 0 Å². The summed E-state index contributed by atoms with van der Waals surface area (Å²) < 4.78 is 0. The number of carbonyl (C=O) groups excluding carboxylic acids is 1. The lowest BCUT2D eigenvalue weighted by molar-refractivity contribution is 0.0950. The lowest BCUT2D eigenvalue weighted by Crippen LogP contribution is -2.35. The average molecular weight is 295 g/mol. The van der Waals surface area contributed by atoms with Gasteiger partial charge in [-0.05, 0) is 63.0 Å². The average Bonchev–Trinajstić information content (AvgIpc) is 2.45. The van der Waals surface area contributed by atoms with Crippen molar-refractivity contribution in [3.8, 4) is 0 Å². The van der Waals surface area contributed by atoms with Gasteiger partial charge in [-0.3, -0.25) is 4.79 Å². The van der Waals surface area contributed by atoms with E-state index in [4.69, 9.17) is 11.6 Å². The fraction of sp³-hybridized carbons (Fsp3) is 0.562. The minimum Gasteiger partial charge on any atom is -0.352 e. The van der Waals surface area contributed by atoms with Gasteiger partial charge in [0.05, 0.1) is 0 Å². The third-order valence-electron chi connectivity index (χ3n) is 3.90. The molecule has 4 heteroatoms. The quantitative estimate of drug-likeness (QED) is 0.846. The molecule has 1 aromatic carbocycles. The first-order valence-corrected chi connectivity index (χ1v) is 7.79. The lowest BCUT2D eigenvalue weighted by Gasteiger charge is -2.30. The maximum Gasteiger partial charge on any atom is 0.251 e. The highest BCUT2D eigenvalue weighted by atomic mass is 35.5. The summed E-state index contributed by atoms with van der Waals surface area (Å²) in [5.74, 6) is 0.827. The Morgan fingerprint density at radius 1 is 1.40 bits per heavy atom. The number of amides is 1. The monoisotopic (exact) mass is 294 g/mol. The summed E-state index contributed by atoms with van der Waals surface area (Å²) in [7, 11) is 0. The Balaban J connectivity index is 1.64. The van der Waals surface area contributed by atoms with Crippen LogP contribution in [0, 0.1) is 5.92 Å². The van der Waals surface area contributed by atoms with E-state index in [1.807, 2.05) is 0 Å². The molecule has 1 fully saturated rings. The summed E-state index contributed by atoms with van der Waals surface area (Å²) in [5.41, 5.74) is 0.629. The minimum absolute atomic E-state index is 0.0419. The smallest absolute Gasteiger partial charge is 0.251 e. The molecule has 1 aliphatic rings. The van der Waals surface area contributed by atoms with Crippen LogP contribution in [0.4, 0.5) is 0 Å². The van der Waals surface area contributed by atoms with Gasteiger partial charge in [0.2, 0.25) is 0 Å². The van der Waals surface area contributed by atoms with Crippen LogP contribution in [0.25, 0.3) is 0 Å². The fourth-order valence-corrected chi connectivity index (χ4v) is 2.71. The predicted octanol–water partition coefficient (Wildman–Crippen LogP) is 3.19. The SMILES string of the molecule is CC1CCN(CCCNC(=O)c2cccc(Cl)c2)CC1. The molecule has 3 nitrogen and oxygen atoms in total. The molecule has 0 aliphatic carbocycles. The van der Waals surface area contributed by atoms with E-state index < -0.39 is 0 Å². The molecule has 1 aromatic rings. The van der Waals surface area contributed by atoms with E-state index in [9.17, 15) is 4.79 Å². The van der Waals surface area contributed by atoms with E-state index in [0.29, 0.717) is 10.6 Å². The first-order chi connectivity index (χ1) is 9.65. The van der Waals surface area contributed by atoms with Crippen molar-refractivity contribution in [2.24, 2.45) is 5.92 Å². The van der Waals surface area contributed by atoms with Crippen LogP contribution in [-0.4, -0.2) is 37.0 Å². The molecule has 0 bridgehead atoms. The number of piperidine rings is 1. The number of nitrogens with one attached hydrogen (secondary N) is 1. The molecule has 0 saturated carbocycles. The van der Waals surface area contributed by atoms with Crippen molar-refractivity contribution in [3.05, 3.63) is 34.9 Å². The second-order valence-electron chi connectivity index (χ2n) is 5.64. The Morgan fingerprint density at radius 2 is 2.15 bits per heavy atom. The largest absolute Gasteiger partial charge is 0.352 e. The van der Waals surface area contributed by atoms with Gasteiger partial charge in [0.1, 0.15) is 0 Å². The molecule has 1 saturated heterocycles. The van der Waals surface area contributed by atoms with Gasteiger partial charge in [0, 0.05) is 17.1 Å². The van der Waals surface area contributed by atoms with Crippen LogP contribution in [0.5, 0.6) is 0 Å². The molecule has 0 atom stereocenters. The third kappa shape index (κ3) is 4.80. The Kier molecular flexibility index (Phi) is 5.86. The molecular weight excluding hydrogens is 272 g/mol. The van der Waals surface area contributed by atoms with E-state index in [2.05, 4.69) is 17.1 Å². The van der Waals surface area contributed by atoms with Gasteiger partial charge in [0.25, 0.3) is 5.91 Å². The van der Waals surface area contributed by atoms with Gasteiger partial charge in [0.15, 0.2) is 0 Å². The molecular formula is C16H23ClN2O. The number of halogens is 1. The van der Waals surface area contributed by atoms with Crippen LogP contribution < -0.4 is 5.32 Å². The normalized spacial score (nSPS) is 17.1. The zero-order chi connectivity index (χ0) is 14.4. The molecule has 1 amide bonds. The molecule has 2 rings (SSSR count). The number of benzene rings is 1. The van der Waals surface area contributed by atoms with E-state index in [1.165, 1.54) is 25.9 Å². The lowest BCUT2D eigenvalue weighted by atomic mass is 9.99. The number of likely N-dealkylation sites (tertiary alicyclic amines) is 1. The van der Waals surface area contributed by atoms with E-state index >= 15 is 0 Å². The summed E-state index contributed by atoms with van der Waals surface area (Å²) in [6.45, 7) is 6.51. The molecule has 0 unspecified atom stereocenters. The Bertz CT molecular complexity index is 442. The molecule has 0 radical (unpaired) electrons. The topological polar surface area (TPSA) is 32.3 Å². The first-order valence-electron chi connectivity index (χ1n) is 7.41. The zero-order valence-electron chi connectivity index (χ0n) is 12.1. The standard InChI is InChI=1S/C16H23ClN2O/c1-13-6-10-19(11-7-13)9-3-8-18-16(20)14-4-2-5-15(17)12-14/h2,4-5,12-13H,3,6-11H2,1H3,(H,18,20). The van der Waals surface area contributed by atoms with Gasteiger partial charge in [-0.1, -0.05) is 24.6 Å². The summed E-state index contributed by atoms with van der Waals surface area (Å²) >= 11 is 5.88. The predicted molar refractivity (Wildman–Crippen MR) is 83.2 cm³/mol. The number of hydrogen-bond donors (Lipinski definition) is 1. The maximum atomic E-state index is 11.9. The minimum atomic E-state index is -0.0419. The van der Waals surface area contributed by atoms with E-state index in [0.717, 1.165) is 25.4 Å². The fourth-order valence-electron chi connectivity index (χ4n) is 2.52. The number of carbonyl (C=O) groups is 1. The Morgan fingerprint density at radius 3 is 2.85 bits per heavy atom. The Labute approximate surface area is 126 Å². The molecule has 20 heavy (non-hydrogen) atoms. The molecule has 0 aromatic heterocycles. The maximum absolute atomic E-state index is 11.9. The number of rotatable bonds is 5. The summed E-state index contributed by atoms with van der Waals surface area (Å²) in [4.78, 5) is 14.4. The van der Waals surface area contributed by atoms with Crippen LogP contribution in [0.3, 0.4) is 0 Å². The molecule has 1 N–H and O–H groups in total. The number of hydrogen-bond acceptors (Lipinski definition) is 2. The van der Waals surface area contributed by atoms with Crippen molar-refractivity contribution in [1.29, 1.82) is 0 Å². The van der Waals surface area contributed by atoms with E-state index in [1.54, 1.807) is 24.3 Å². The second kappa shape index (κ2) is 7.65. The molecule has 1 heterocycles. The van der Waals surface area contributed by atoms with Gasteiger partial charge in [-0.25, -0.2) is 0 Å². The second-order valence-corrected chi connectivity index (χ2v) is 6.08. The van der Waals surface area contributed by atoms with Crippen molar-refractivity contribution in [2.45, 2.75) is 26.2 Å². The zero-order valence-corrected chi connectivity index (χ0v) is 12.8. The van der Waals surface area contributed by atoms with Crippen LogP contribution in [0.2, 0.25) is 5.02 Å². The van der Waals surface area contributed by atoms with Gasteiger partial charge in [-0.2, -0.15) is 0 Å². The van der Waals surface area contributed by atoms with Gasteiger partial charge in [-0.15, -0.1) is 0 Å². The molecule has 1 aliphatic heterocycles. The summed E-state index contributed by atoms with van der Waals surface area (Å²) in [6, 6.07) is 7.05. The van der Waals surface area contributed by atoms with Crippen molar-refractivity contribution in [3.63, 3.8) is 0 Å². The van der Waals surface area contributed by atoms with Gasteiger partial charge < -0.3 is 10.2 Å². The summed E-state index contributed by atoms with van der Waals surface area (Å²) in [6.07, 6.45) is 3.60. The van der Waals surface area contributed by atoms with Crippen molar-refractivity contribution in [2.75, 3.05) is 26.2 Å². The third-order valence-corrected chi connectivity index (χ3v) is 4.13. The van der Waals surface area contributed by atoms with Crippen molar-refractivity contribution >= 4 is 17.5 Å². The van der Waals surface area contributed by atoms with E-state index in [-0.39, 0.29) is 5.91 Å². The number of nitrogens with zero attached hydrogens (tertiary/aromatic N) is 1. The highest BCUT2D eigenvalue weighted by molar-refractivity contribution is 6.30. The first kappa shape index (κ1) is 15.3.